The van der Waals surface area contributed by atoms with Crippen molar-refractivity contribution >= 4 is 55.0 Å². The summed E-state index contributed by atoms with van der Waals surface area (Å²) in [4.78, 5) is 12.0. The summed E-state index contributed by atoms with van der Waals surface area (Å²) in [6.45, 7) is 0. The molecule has 0 aromatic heterocycles. The highest BCUT2D eigenvalue weighted by atomic mass is 79.9. The van der Waals surface area contributed by atoms with Crippen LogP contribution in [-0.2, 0) is 0 Å². The quantitative estimate of drug-likeness (QED) is 0.649. The molecule has 0 heterocycles. The highest BCUT2D eigenvalue weighted by molar-refractivity contribution is 9.11. The number of urea groups is 1. The molecule has 2 rings (SSSR count). The number of rotatable bonds is 3. The molecule has 0 aliphatic heterocycles. The lowest BCUT2D eigenvalue weighted by molar-refractivity contribution is 0.262. The first kappa shape index (κ1) is 15.7. The molecule has 5 nitrogen and oxygen atoms in total. The fourth-order valence-corrected chi connectivity index (χ4v) is 3.06. The third kappa shape index (κ3) is 4.12. The van der Waals surface area contributed by atoms with Crippen molar-refractivity contribution in [1.82, 2.24) is 0 Å². The van der Waals surface area contributed by atoms with Crippen LogP contribution in [0.15, 0.2) is 45.3 Å². The molecule has 0 radical (unpaired) electrons. The topological polar surface area (TPSA) is 76.4 Å². The number of ether oxygens (including phenoxy) is 1. The van der Waals surface area contributed by atoms with Gasteiger partial charge >= 0.3 is 6.03 Å². The van der Waals surface area contributed by atoms with Crippen LogP contribution >= 0.6 is 31.9 Å². The monoisotopic (exact) mass is 413 g/mol. The molecule has 110 valence electrons. The maximum absolute atomic E-state index is 12.0. The van der Waals surface area contributed by atoms with Crippen LogP contribution in [0.1, 0.15) is 0 Å². The van der Waals surface area contributed by atoms with Gasteiger partial charge in [0.15, 0.2) is 0 Å². The molecule has 0 saturated carbocycles. The standard InChI is InChI=1S/C14H13Br2N3O2/c1-21-10-4-2-3-9(7-10)18-14(20)19-13-11(16)5-8(15)6-12(13)17/h2-7H,17H2,1H3,(H2,18,19,20). The van der Waals surface area contributed by atoms with Gasteiger partial charge in [-0.25, -0.2) is 4.79 Å². The molecule has 0 fully saturated rings. The Bertz CT molecular complexity index is 654. The first-order valence-corrected chi connectivity index (χ1v) is 7.55. The summed E-state index contributed by atoms with van der Waals surface area (Å²) in [6, 6.07) is 10.2. The number of carbonyl (C=O) groups is 1. The highest BCUT2D eigenvalue weighted by Gasteiger charge is 2.10. The normalized spacial score (nSPS) is 10.0. The molecular weight excluding hydrogens is 402 g/mol. The Balaban J connectivity index is 2.12. The highest BCUT2D eigenvalue weighted by Crippen LogP contribution is 2.32. The average molecular weight is 415 g/mol. The van der Waals surface area contributed by atoms with Crippen LogP contribution in [0, 0.1) is 0 Å². The zero-order chi connectivity index (χ0) is 15.4. The molecule has 0 bridgehead atoms. The molecule has 0 atom stereocenters. The van der Waals surface area contributed by atoms with E-state index in [0.717, 1.165) is 4.47 Å². The van der Waals surface area contributed by atoms with Gasteiger partial charge in [-0.2, -0.15) is 0 Å². The van der Waals surface area contributed by atoms with Crippen LogP contribution in [0.3, 0.4) is 0 Å². The zero-order valence-corrected chi connectivity index (χ0v) is 14.3. The predicted molar refractivity (Wildman–Crippen MR) is 91.9 cm³/mol. The third-order valence-electron chi connectivity index (χ3n) is 2.65. The van der Waals surface area contributed by atoms with Crippen LogP contribution in [0.2, 0.25) is 0 Å². The predicted octanol–water partition coefficient (Wildman–Crippen LogP) is 4.45. The maximum atomic E-state index is 12.0. The van der Waals surface area contributed by atoms with Crippen molar-refractivity contribution in [3.63, 3.8) is 0 Å². The van der Waals surface area contributed by atoms with E-state index in [0.29, 0.717) is 27.3 Å². The molecular formula is C14H13Br2N3O2. The van der Waals surface area contributed by atoms with Crippen LogP contribution in [-0.4, -0.2) is 13.1 Å². The molecule has 0 aliphatic rings. The van der Waals surface area contributed by atoms with E-state index in [4.69, 9.17) is 10.5 Å². The minimum atomic E-state index is -0.391. The van der Waals surface area contributed by atoms with Gasteiger partial charge < -0.3 is 21.1 Å². The summed E-state index contributed by atoms with van der Waals surface area (Å²) in [7, 11) is 1.57. The number of carbonyl (C=O) groups excluding carboxylic acids is 1. The van der Waals surface area contributed by atoms with Gasteiger partial charge in [-0.05, 0) is 40.2 Å². The molecule has 0 spiro atoms. The Morgan fingerprint density at radius 1 is 1.19 bits per heavy atom. The molecule has 2 amide bonds. The molecule has 4 N–H and O–H groups in total. The van der Waals surface area contributed by atoms with Crippen LogP contribution < -0.4 is 21.1 Å². The second-order valence-electron chi connectivity index (χ2n) is 4.16. The second kappa shape index (κ2) is 6.82. The molecule has 0 aliphatic carbocycles. The van der Waals surface area contributed by atoms with Crippen molar-refractivity contribution in [3.8, 4) is 5.75 Å². The largest absolute Gasteiger partial charge is 0.497 e. The van der Waals surface area contributed by atoms with E-state index in [9.17, 15) is 4.79 Å². The van der Waals surface area contributed by atoms with Crippen molar-refractivity contribution in [2.24, 2.45) is 0 Å². The van der Waals surface area contributed by atoms with Crippen molar-refractivity contribution in [3.05, 3.63) is 45.3 Å². The molecule has 0 saturated heterocycles. The number of hydrogen-bond donors (Lipinski definition) is 3. The maximum Gasteiger partial charge on any atom is 0.323 e. The summed E-state index contributed by atoms with van der Waals surface area (Å²) in [5.41, 5.74) is 7.48. The third-order valence-corrected chi connectivity index (χ3v) is 3.73. The van der Waals surface area contributed by atoms with E-state index in [1.165, 1.54) is 0 Å². The zero-order valence-electron chi connectivity index (χ0n) is 11.1. The van der Waals surface area contributed by atoms with Gasteiger partial charge in [-0.3, -0.25) is 0 Å². The summed E-state index contributed by atoms with van der Waals surface area (Å²) < 4.78 is 6.62. The van der Waals surface area contributed by atoms with Gasteiger partial charge in [-0.15, -0.1) is 0 Å². The number of benzene rings is 2. The Kier molecular flexibility index (Phi) is 5.08. The van der Waals surface area contributed by atoms with Crippen LogP contribution in [0.5, 0.6) is 5.75 Å². The SMILES string of the molecule is COc1cccc(NC(=O)Nc2c(N)cc(Br)cc2Br)c1. The lowest BCUT2D eigenvalue weighted by Gasteiger charge is -2.12. The number of halogens is 2. The number of nitrogen functional groups attached to an aromatic ring is 1. The number of nitrogens with one attached hydrogen (secondary N) is 2. The van der Waals surface area contributed by atoms with Gasteiger partial charge in [0.2, 0.25) is 0 Å². The minimum Gasteiger partial charge on any atom is -0.497 e. The lowest BCUT2D eigenvalue weighted by Crippen LogP contribution is -2.20. The van der Waals surface area contributed by atoms with Crippen LogP contribution in [0.4, 0.5) is 21.9 Å². The van der Waals surface area contributed by atoms with Gasteiger partial charge in [0.05, 0.1) is 18.5 Å². The lowest BCUT2D eigenvalue weighted by atomic mass is 10.2. The van der Waals surface area contributed by atoms with Crippen molar-refractivity contribution in [1.29, 1.82) is 0 Å². The molecule has 21 heavy (non-hydrogen) atoms. The van der Waals surface area contributed by atoms with Gasteiger partial charge in [-0.1, -0.05) is 22.0 Å². The first-order chi connectivity index (χ1) is 9.99. The number of amides is 2. The van der Waals surface area contributed by atoms with E-state index in [1.807, 2.05) is 0 Å². The van der Waals surface area contributed by atoms with Gasteiger partial charge in [0, 0.05) is 20.7 Å². The Labute approximate surface area is 139 Å². The van der Waals surface area contributed by atoms with Crippen molar-refractivity contribution in [2.45, 2.75) is 0 Å². The van der Waals surface area contributed by atoms with E-state index in [1.54, 1.807) is 43.5 Å². The number of methoxy groups -OCH3 is 1. The van der Waals surface area contributed by atoms with Gasteiger partial charge in [0.25, 0.3) is 0 Å². The van der Waals surface area contributed by atoms with Crippen molar-refractivity contribution in [2.75, 3.05) is 23.5 Å². The molecule has 7 heteroatoms. The van der Waals surface area contributed by atoms with Crippen molar-refractivity contribution < 1.29 is 9.53 Å². The Morgan fingerprint density at radius 2 is 1.95 bits per heavy atom. The van der Waals surface area contributed by atoms with E-state index in [-0.39, 0.29) is 0 Å². The summed E-state index contributed by atoms with van der Waals surface area (Å²) in [5, 5.41) is 5.42. The number of anilines is 3. The number of nitrogens with two attached hydrogens (primary N) is 1. The Hall–Kier alpha value is -1.73. The minimum absolute atomic E-state index is 0.391. The second-order valence-corrected chi connectivity index (χ2v) is 5.93. The van der Waals surface area contributed by atoms with Crippen LogP contribution in [0.25, 0.3) is 0 Å². The first-order valence-electron chi connectivity index (χ1n) is 5.96. The fraction of sp³-hybridized carbons (Fsp3) is 0.0714. The molecule has 2 aromatic carbocycles. The Morgan fingerprint density at radius 3 is 2.62 bits per heavy atom. The summed E-state index contributed by atoms with van der Waals surface area (Å²) in [5.74, 6) is 0.664. The van der Waals surface area contributed by atoms with E-state index in [2.05, 4.69) is 42.5 Å². The fourth-order valence-electron chi connectivity index (χ4n) is 1.70. The average Bonchev–Trinajstić information content (AvgIpc) is 2.43. The smallest absolute Gasteiger partial charge is 0.323 e. The van der Waals surface area contributed by atoms with Gasteiger partial charge in [0.1, 0.15) is 5.75 Å². The molecule has 2 aromatic rings. The molecule has 0 unspecified atom stereocenters. The summed E-state index contributed by atoms with van der Waals surface area (Å²) >= 11 is 6.69. The number of hydrogen-bond acceptors (Lipinski definition) is 3. The summed E-state index contributed by atoms with van der Waals surface area (Å²) in [6.07, 6.45) is 0. The van der Waals surface area contributed by atoms with E-state index >= 15 is 0 Å². The van der Waals surface area contributed by atoms with E-state index < -0.39 is 6.03 Å².